The fraction of sp³-hybridized carbons (Fsp3) is 0.333. The maximum absolute atomic E-state index is 3.72. The van der Waals surface area contributed by atoms with Crippen molar-refractivity contribution in [2.24, 2.45) is 0 Å². The Morgan fingerprint density at radius 1 is 0.929 bits per heavy atom. The third kappa shape index (κ3) is 1.31. The summed E-state index contributed by atoms with van der Waals surface area (Å²) >= 11 is 18.2. The first kappa shape index (κ1) is 12.1. The summed E-state index contributed by atoms with van der Waals surface area (Å²) in [7, 11) is 0. The van der Waals surface area contributed by atoms with Gasteiger partial charge in [0.05, 0.1) is 0 Å². The number of hydrogen-bond acceptors (Lipinski definition) is 0. The Morgan fingerprint density at radius 2 is 1.50 bits per heavy atom. The molecule has 14 heavy (non-hydrogen) atoms. The van der Waals surface area contributed by atoms with E-state index in [1.165, 1.54) is 0 Å². The van der Waals surface area contributed by atoms with Crippen LogP contribution in [0.25, 0.3) is 0 Å². The van der Waals surface area contributed by atoms with Crippen molar-refractivity contribution < 1.29 is 0 Å². The second-order valence-corrected chi connectivity index (χ2v) is 11.2. The van der Waals surface area contributed by atoms with Crippen molar-refractivity contribution in [1.29, 1.82) is 0 Å². The Morgan fingerprint density at radius 3 is 1.86 bits per heavy atom. The molecule has 0 heterocycles. The number of alkyl halides is 5. The molecule has 0 spiro atoms. The quantitative estimate of drug-likeness (QED) is 0.463. The van der Waals surface area contributed by atoms with Crippen LogP contribution in [0.15, 0.2) is 24.3 Å². The first-order chi connectivity index (χ1) is 6.36. The highest BCUT2D eigenvalue weighted by Gasteiger charge is 2.84. The van der Waals surface area contributed by atoms with Gasteiger partial charge in [0.1, 0.15) is 10.8 Å². The topological polar surface area (TPSA) is 0 Å². The Bertz CT molecular complexity index is 343. The van der Waals surface area contributed by atoms with Gasteiger partial charge in [0.25, 0.3) is 0 Å². The number of halogens is 5. The van der Waals surface area contributed by atoms with Gasteiger partial charge in [-0.1, -0.05) is 104 Å². The maximum Gasteiger partial charge on any atom is 0.129 e. The van der Waals surface area contributed by atoms with Crippen LogP contribution >= 0.6 is 79.6 Å². The van der Waals surface area contributed by atoms with E-state index in [0.29, 0.717) is 0 Å². The molecule has 0 aliphatic heterocycles. The van der Waals surface area contributed by atoms with Crippen molar-refractivity contribution in [3.05, 3.63) is 35.9 Å². The lowest BCUT2D eigenvalue weighted by Crippen LogP contribution is -2.06. The standard InChI is InChI=1S/C9H4Br5/c10-7(6-4-2-1-3-5-6)8(11,12)9(7,13)14/h1-4H. The van der Waals surface area contributed by atoms with Gasteiger partial charge in [-0.15, -0.1) is 0 Å². The summed E-state index contributed by atoms with van der Waals surface area (Å²) in [5, 5.41) is 0. The van der Waals surface area contributed by atoms with Crippen LogP contribution in [-0.2, 0) is 4.32 Å². The Labute approximate surface area is 125 Å². The van der Waals surface area contributed by atoms with Crippen LogP contribution in [-0.4, -0.2) is 6.47 Å². The van der Waals surface area contributed by atoms with Crippen LogP contribution in [0.4, 0.5) is 0 Å². The molecule has 1 saturated carbocycles. The highest BCUT2D eigenvalue weighted by molar-refractivity contribution is 9.32. The summed E-state index contributed by atoms with van der Waals surface area (Å²) in [5.74, 6) is 0. The lowest BCUT2D eigenvalue weighted by Gasteiger charge is -2.09. The highest BCUT2D eigenvalue weighted by atomic mass is 79.9. The molecule has 0 unspecified atom stereocenters. The van der Waals surface area contributed by atoms with Crippen LogP contribution in [0.1, 0.15) is 5.56 Å². The molecular weight excluding hydrogens is 508 g/mol. The van der Waals surface area contributed by atoms with Crippen molar-refractivity contribution in [2.45, 2.75) is 10.8 Å². The van der Waals surface area contributed by atoms with Gasteiger partial charge < -0.3 is 0 Å². The summed E-state index contributed by atoms with van der Waals surface area (Å²) in [6.45, 7) is 0. The van der Waals surface area contributed by atoms with Gasteiger partial charge in [-0.2, -0.15) is 0 Å². The summed E-state index contributed by atoms with van der Waals surface area (Å²) in [6.07, 6.45) is 0. The molecule has 0 nitrogen and oxygen atoms in total. The Kier molecular flexibility index (Phi) is 3.07. The summed E-state index contributed by atoms with van der Waals surface area (Å²) in [4.78, 5) is 0. The largest absolute Gasteiger partial charge is 0.129 e. The van der Waals surface area contributed by atoms with Gasteiger partial charge in [0.15, 0.2) is 0 Å². The SMILES string of the molecule is BrC1(Br)C(Br)(Br)C1(Br)c1[c]cccc1. The van der Waals surface area contributed by atoms with E-state index in [0.717, 1.165) is 5.56 Å². The second kappa shape index (κ2) is 3.56. The lowest BCUT2D eigenvalue weighted by molar-refractivity contribution is 1.05. The van der Waals surface area contributed by atoms with Gasteiger partial charge in [0.2, 0.25) is 0 Å². The predicted molar refractivity (Wildman–Crippen MR) is 77.1 cm³/mol. The molecule has 1 aromatic carbocycles. The fourth-order valence-electron chi connectivity index (χ4n) is 1.33. The molecule has 2 rings (SSSR count). The van der Waals surface area contributed by atoms with E-state index < -0.39 is 0 Å². The van der Waals surface area contributed by atoms with E-state index in [-0.39, 0.29) is 10.8 Å². The molecule has 5 heteroatoms. The molecule has 0 atom stereocenters. The Hall–Kier alpha value is 1.62. The van der Waals surface area contributed by atoms with Crippen LogP contribution in [0.2, 0.25) is 0 Å². The molecule has 1 aliphatic rings. The minimum atomic E-state index is -0.252. The average Bonchev–Trinajstić information content (AvgIpc) is 2.47. The molecule has 75 valence electrons. The van der Waals surface area contributed by atoms with E-state index >= 15 is 0 Å². The number of hydrogen-bond donors (Lipinski definition) is 0. The molecule has 0 saturated heterocycles. The third-order valence-electron chi connectivity index (χ3n) is 2.28. The molecular formula is C9H4Br5. The first-order valence-electron chi connectivity index (χ1n) is 3.77. The molecule has 0 aromatic heterocycles. The van der Waals surface area contributed by atoms with Crippen molar-refractivity contribution >= 4 is 79.6 Å². The maximum atomic E-state index is 3.72. The molecule has 1 fully saturated rings. The second-order valence-electron chi connectivity index (χ2n) is 3.08. The van der Waals surface area contributed by atoms with Crippen LogP contribution in [0.5, 0.6) is 0 Å². The smallest absolute Gasteiger partial charge is 0.0749 e. The zero-order valence-electron chi connectivity index (χ0n) is 6.70. The minimum absolute atomic E-state index is 0.242. The van der Waals surface area contributed by atoms with Gasteiger partial charge in [-0.05, 0) is 11.6 Å². The van der Waals surface area contributed by atoms with E-state index in [1.54, 1.807) is 0 Å². The molecule has 1 radical (unpaired) electrons. The molecule has 0 amide bonds. The van der Waals surface area contributed by atoms with Crippen molar-refractivity contribution in [1.82, 2.24) is 0 Å². The number of rotatable bonds is 1. The van der Waals surface area contributed by atoms with Crippen molar-refractivity contribution in [2.75, 3.05) is 0 Å². The zero-order valence-corrected chi connectivity index (χ0v) is 14.6. The van der Waals surface area contributed by atoms with E-state index in [9.17, 15) is 0 Å². The molecule has 1 aromatic rings. The van der Waals surface area contributed by atoms with Gasteiger partial charge >= 0.3 is 0 Å². The lowest BCUT2D eigenvalue weighted by atomic mass is 10.1. The molecule has 0 N–H and O–H groups in total. The van der Waals surface area contributed by atoms with Crippen LogP contribution in [0.3, 0.4) is 0 Å². The predicted octanol–water partition coefficient (Wildman–Crippen LogP) is 5.06. The van der Waals surface area contributed by atoms with Crippen LogP contribution < -0.4 is 0 Å². The fourth-order valence-corrected chi connectivity index (χ4v) is 7.04. The first-order valence-corrected chi connectivity index (χ1v) is 7.74. The summed E-state index contributed by atoms with van der Waals surface area (Å²) < 4.78 is -0.746. The van der Waals surface area contributed by atoms with Gasteiger partial charge in [0, 0.05) is 0 Å². The normalized spacial score (nSPS) is 25.8. The highest BCUT2D eigenvalue weighted by Crippen LogP contribution is 2.83. The summed E-state index contributed by atoms with van der Waals surface area (Å²) in [5.41, 5.74) is 1.09. The summed E-state index contributed by atoms with van der Waals surface area (Å²) in [6, 6.07) is 11.1. The average molecular weight is 512 g/mol. The molecule has 1 aliphatic carbocycles. The zero-order chi connectivity index (χ0) is 10.6. The van der Waals surface area contributed by atoms with Crippen LogP contribution in [0, 0.1) is 6.07 Å². The van der Waals surface area contributed by atoms with E-state index in [1.807, 2.05) is 24.3 Å². The van der Waals surface area contributed by atoms with E-state index in [2.05, 4.69) is 85.7 Å². The third-order valence-corrected chi connectivity index (χ3v) is 12.9. The van der Waals surface area contributed by atoms with Gasteiger partial charge in [-0.25, -0.2) is 0 Å². The Balaban J connectivity index is 2.48. The monoisotopic (exact) mass is 507 g/mol. The van der Waals surface area contributed by atoms with Crippen molar-refractivity contribution in [3.8, 4) is 0 Å². The molecule has 0 bridgehead atoms. The minimum Gasteiger partial charge on any atom is -0.0749 e. The van der Waals surface area contributed by atoms with Crippen molar-refractivity contribution in [3.63, 3.8) is 0 Å². The van der Waals surface area contributed by atoms with E-state index in [4.69, 9.17) is 0 Å². The van der Waals surface area contributed by atoms with Gasteiger partial charge in [-0.3, -0.25) is 0 Å². The number of benzene rings is 1.